The number of nitro benzene ring substituents is 1. The van der Waals surface area contributed by atoms with Crippen molar-refractivity contribution in [2.24, 2.45) is 0 Å². The number of benzene rings is 1. The molecule has 0 radical (unpaired) electrons. The predicted octanol–water partition coefficient (Wildman–Crippen LogP) is 2.28. The van der Waals surface area contributed by atoms with Crippen molar-refractivity contribution in [3.8, 4) is 0 Å². The summed E-state index contributed by atoms with van der Waals surface area (Å²) in [6, 6.07) is 5.66. The molecule has 1 fully saturated rings. The molecule has 0 spiro atoms. The molecule has 1 aliphatic heterocycles. The Morgan fingerprint density at radius 2 is 2.05 bits per heavy atom. The fourth-order valence-corrected chi connectivity index (χ4v) is 2.22. The summed E-state index contributed by atoms with van der Waals surface area (Å²) >= 11 is 0. The van der Waals surface area contributed by atoms with Crippen LogP contribution in [-0.4, -0.2) is 30.1 Å². The minimum atomic E-state index is -0.495. The van der Waals surface area contributed by atoms with Gasteiger partial charge in [-0.2, -0.15) is 0 Å². The smallest absolute Gasteiger partial charge is 0.338 e. The van der Waals surface area contributed by atoms with Crippen molar-refractivity contribution in [3.63, 3.8) is 0 Å². The number of non-ortho nitro benzene ring substituents is 1. The Hall–Kier alpha value is -1.95. The van der Waals surface area contributed by atoms with Crippen LogP contribution < -0.4 is 5.32 Å². The van der Waals surface area contributed by atoms with E-state index in [0.29, 0.717) is 12.2 Å². The number of rotatable bonds is 4. The summed E-state index contributed by atoms with van der Waals surface area (Å²) in [7, 11) is 0. The van der Waals surface area contributed by atoms with Crippen LogP contribution in [0.25, 0.3) is 0 Å². The van der Waals surface area contributed by atoms with Gasteiger partial charge in [-0.1, -0.05) is 12.8 Å². The summed E-state index contributed by atoms with van der Waals surface area (Å²) < 4.78 is 5.25. The molecule has 0 unspecified atom stereocenters. The molecule has 0 aliphatic carbocycles. The van der Waals surface area contributed by atoms with Crippen molar-refractivity contribution < 1.29 is 14.5 Å². The Balaban J connectivity index is 1.86. The van der Waals surface area contributed by atoms with Gasteiger partial charge in [0.05, 0.1) is 10.5 Å². The molecule has 0 amide bonds. The molecule has 1 aromatic carbocycles. The lowest BCUT2D eigenvalue weighted by atomic mass is 10.1. The minimum Gasteiger partial charge on any atom is -0.460 e. The first-order valence-electron chi connectivity index (χ1n) is 6.82. The van der Waals surface area contributed by atoms with Crippen LogP contribution in [-0.2, 0) is 4.74 Å². The fraction of sp³-hybridized carbons (Fsp3) is 0.500. The number of hydrogen-bond donors (Lipinski definition) is 1. The maximum absolute atomic E-state index is 11.8. The van der Waals surface area contributed by atoms with E-state index in [1.54, 1.807) is 0 Å². The van der Waals surface area contributed by atoms with Gasteiger partial charge < -0.3 is 10.1 Å². The van der Waals surface area contributed by atoms with E-state index in [1.165, 1.54) is 30.7 Å². The maximum atomic E-state index is 11.8. The number of nitrogens with zero attached hydrogens (tertiary/aromatic N) is 1. The van der Waals surface area contributed by atoms with Crippen molar-refractivity contribution in [2.75, 3.05) is 13.2 Å². The fourth-order valence-electron chi connectivity index (χ4n) is 2.22. The van der Waals surface area contributed by atoms with Crippen LogP contribution in [0.4, 0.5) is 5.69 Å². The lowest BCUT2D eigenvalue weighted by Gasteiger charge is -2.15. The minimum absolute atomic E-state index is 0.0352. The second-order valence-electron chi connectivity index (χ2n) is 4.90. The largest absolute Gasteiger partial charge is 0.460 e. The van der Waals surface area contributed by atoms with Crippen LogP contribution >= 0.6 is 0 Å². The van der Waals surface area contributed by atoms with Gasteiger partial charge in [-0.15, -0.1) is 0 Å². The number of nitro groups is 1. The summed E-state index contributed by atoms with van der Waals surface area (Å²) in [5.41, 5.74) is 0.302. The summed E-state index contributed by atoms with van der Waals surface area (Å²) in [4.78, 5) is 21.9. The Labute approximate surface area is 117 Å². The molecule has 1 atom stereocenters. The number of carbonyl (C=O) groups is 1. The zero-order valence-corrected chi connectivity index (χ0v) is 11.2. The van der Waals surface area contributed by atoms with Crippen molar-refractivity contribution in [2.45, 2.75) is 31.7 Å². The SMILES string of the molecule is O=C(OC[C@H]1CCCCCN1)c1ccc([N+](=O)[O-])cc1. The molecule has 1 aliphatic rings. The van der Waals surface area contributed by atoms with Gasteiger partial charge >= 0.3 is 5.97 Å². The van der Waals surface area contributed by atoms with E-state index in [9.17, 15) is 14.9 Å². The van der Waals surface area contributed by atoms with Crippen molar-refractivity contribution in [1.82, 2.24) is 5.32 Å². The van der Waals surface area contributed by atoms with Crippen LogP contribution in [0.5, 0.6) is 0 Å². The van der Waals surface area contributed by atoms with Gasteiger partial charge in [-0.25, -0.2) is 4.79 Å². The number of ether oxygens (including phenoxy) is 1. The van der Waals surface area contributed by atoms with E-state index in [1.807, 2.05) is 0 Å². The number of carbonyl (C=O) groups excluding carboxylic acids is 1. The standard InChI is InChI=1S/C14H18N2O4/c17-14(11-5-7-13(8-6-11)16(18)19)20-10-12-4-2-1-3-9-15-12/h5-8,12,15H,1-4,9-10H2/t12-/m1/s1. The molecular formula is C14H18N2O4. The van der Waals surface area contributed by atoms with Crippen LogP contribution in [0.15, 0.2) is 24.3 Å². The molecule has 20 heavy (non-hydrogen) atoms. The lowest BCUT2D eigenvalue weighted by Crippen LogP contribution is -2.33. The lowest BCUT2D eigenvalue weighted by molar-refractivity contribution is -0.384. The molecule has 1 heterocycles. The van der Waals surface area contributed by atoms with Crippen LogP contribution in [0.2, 0.25) is 0 Å². The van der Waals surface area contributed by atoms with Gasteiger partial charge in [0.1, 0.15) is 6.61 Å². The average molecular weight is 278 g/mol. The van der Waals surface area contributed by atoms with E-state index in [2.05, 4.69) is 5.32 Å². The summed E-state index contributed by atoms with van der Waals surface area (Å²) in [5.74, 6) is -0.439. The molecular weight excluding hydrogens is 260 g/mol. The first-order valence-corrected chi connectivity index (χ1v) is 6.82. The van der Waals surface area contributed by atoms with Crippen LogP contribution in [0.1, 0.15) is 36.0 Å². The first kappa shape index (κ1) is 14.5. The quantitative estimate of drug-likeness (QED) is 0.519. The van der Waals surface area contributed by atoms with E-state index < -0.39 is 10.9 Å². The highest BCUT2D eigenvalue weighted by Crippen LogP contribution is 2.13. The molecule has 1 saturated heterocycles. The number of hydrogen-bond acceptors (Lipinski definition) is 5. The Kier molecular flexibility index (Phi) is 5.06. The van der Waals surface area contributed by atoms with Gasteiger partial charge in [-0.05, 0) is 31.5 Å². The second kappa shape index (κ2) is 7.00. The highest BCUT2D eigenvalue weighted by Gasteiger charge is 2.15. The number of nitrogens with one attached hydrogen (secondary N) is 1. The summed E-state index contributed by atoms with van der Waals surface area (Å²) in [6.07, 6.45) is 4.52. The van der Waals surface area contributed by atoms with Crippen LogP contribution in [0.3, 0.4) is 0 Å². The normalized spacial score (nSPS) is 19.1. The van der Waals surface area contributed by atoms with Gasteiger partial charge in [0.25, 0.3) is 5.69 Å². The predicted molar refractivity (Wildman–Crippen MR) is 73.6 cm³/mol. The Bertz CT molecular complexity index is 465. The third-order valence-electron chi connectivity index (χ3n) is 3.39. The first-order chi connectivity index (χ1) is 9.66. The summed E-state index contributed by atoms with van der Waals surface area (Å²) in [5, 5.41) is 13.9. The Morgan fingerprint density at radius 1 is 1.30 bits per heavy atom. The van der Waals surface area contributed by atoms with Crippen LogP contribution in [0, 0.1) is 10.1 Å². The average Bonchev–Trinajstić information content (AvgIpc) is 2.73. The van der Waals surface area contributed by atoms with Gasteiger partial charge in [0, 0.05) is 18.2 Å². The topological polar surface area (TPSA) is 81.5 Å². The molecule has 0 aromatic heterocycles. The van der Waals surface area contributed by atoms with E-state index in [0.717, 1.165) is 25.8 Å². The van der Waals surface area contributed by atoms with Gasteiger partial charge in [-0.3, -0.25) is 10.1 Å². The maximum Gasteiger partial charge on any atom is 0.338 e. The number of esters is 1. The van der Waals surface area contributed by atoms with Gasteiger partial charge in [0.15, 0.2) is 0 Å². The van der Waals surface area contributed by atoms with E-state index in [-0.39, 0.29) is 11.7 Å². The molecule has 6 heteroatoms. The molecule has 1 N–H and O–H groups in total. The van der Waals surface area contributed by atoms with E-state index in [4.69, 9.17) is 4.74 Å². The molecule has 0 saturated carbocycles. The van der Waals surface area contributed by atoms with Crippen molar-refractivity contribution in [1.29, 1.82) is 0 Å². The van der Waals surface area contributed by atoms with E-state index >= 15 is 0 Å². The van der Waals surface area contributed by atoms with Crippen molar-refractivity contribution in [3.05, 3.63) is 39.9 Å². The monoisotopic (exact) mass is 278 g/mol. The molecule has 108 valence electrons. The third-order valence-corrected chi connectivity index (χ3v) is 3.39. The molecule has 2 rings (SSSR count). The third kappa shape index (κ3) is 4.03. The van der Waals surface area contributed by atoms with Crippen molar-refractivity contribution >= 4 is 11.7 Å². The summed E-state index contributed by atoms with van der Waals surface area (Å²) in [6.45, 7) is 1.30. The highest BCUT2D eigenvalue weighted by atomic mass is 16.6. The molecule has 1 aromatic rings. The molecule has 6 nitrogen and oxygen atoms in total. The van der Waals surface area contributed by atoms with Gasteiger partial charge in [0.2, 0.25) is 0 Å². The Morgan fingerprint density at radius 3 is 2.75 bits per heavy atom. The highest BCUT2D eigenvalue weighted by molar-refractivity contribution is 5.89. The zero-order valence-electron chi connectivity index (χ0n) is 11.2. The zero-order chi connectivity index (χ0) is 14.4. The second-order valence-corrected chi connectivity index (χ2v) is 4.90. The molecule has 0 bridgehead atoms.